The Morgan fingerprint density at radius 3 is 2.21 bits per heavy atom. The zero-order valence-electron chi connectivity index (χ0n) is 15.8. The van der Waals surface area contributed by atoms with Crippen LogP contribution < -0.4 is 5.43 Å². The molecular formula is C24H21NO3. The van der Waals surface area contributed by atoms with E-state index in [1.807, 2.05) is 24.3 Å². The third-order valence-corrected chi connectivity index (χ3v) is 5.18. The highest BCUT2D eigenvalue weighted by atomic mass is 16.4. The van der Waals surface area contributed by atoms with Crippen molar-refractivity contribution in [3.05, 3.63) is 82.5 Å². The molecule has 1 N–H and O–H groups in total. The van der Waals surface area contributed by atoms with Gasteiger partial charge in [-0.25, -0.2) is 0 Å². The third kappa shape index (κ3) is 3.07. The van der Waals surface area contributed by atoms with Crippen LogP contribution in [0.4, 0.5) is 0 Å². The van der Waals surface area contributed by atoms with Crippen LogP contribution in [-0.2, 0) is 11.3 Å². The topological polar surface area (TPSA) is 59.3 Å². The molecule has 1 heterocycles. The summed E-state index contributed by atoms with van der Waals surface area (Å²) in [5, 5.41) is 10.4. The fraction of sp³-hybridized carbons (Fsp3) is 0.167. The number of hydrogen-bond donors (Lipinski definition) is 1. The van der Waals surface area contributed by atoms with E-state index in [-0.39, 0.29) is 12.0 Å². The number of para-hydroxylation sites is 1. The lowest BCUT2D eigenvalue weighted by Crippen LogP contribution is -2.15. The number of benzene rings is 3. The first-order valence-electron chi connectivity index (χ1n) is 9.33. The monoisotopic (exact) mass is 371 g/mol. The van der Waals surface area contributed by atoms with E-state index in [1.54, 1.807) is 22.8 Å². The lowest BCUT2D eigenvalue weighted by Gasteiger charge is -2.14. The number of aromatic nitrogens is 1. The summed E-state index contributed by atoms with van der Waals surface area (Å²) in [5.74, 6) is -0.483. The minimum atomic E-state index is -0.941. The molecule has 4 aromatic rings. The first kappa shape index (κ1) is 18.0. The van der Waals surface area contributed by atoms with E-state index in [0.29, 0.717) is 27.7 Å². The van der Waals surface area contributed by atoms with Gasteiger partial charge in [0, 0.05) is 10.8 Å². The summed E-state index contributed by atoms with van der Waals surface area (Å²) in [6, 6.07) is 21.1. The van der Waals surface area contributed by atoms with Gasteiger partial charge in [-0.1, -0.05) is 56.3 Å². The number of fused-ring (bicyclic) bond motifs is 2. The van der Waals surface area contributed by atoms with Crippen LogP contribution >= 0.6 is 0 Å². The first-order valence-corrected chi connectivity index (χ1v) is 9.33. The molecule has 1 aromatic heterocycles. The maximum Gasteiger partial charge on any atom is 0.323 e. The zero-order chi connectivity index (χ0) is 19.8. The number of rotatable bonds is 4. The number of aliphatic carboxylic acids is 1. The van der Waals surface area contributed by atoms with Crippen molar-refractivity contribution < 1.29 is 9.90 Å². The lowest BCUT2D eigenvalue weighted by atomic mass is 9.97. The quantitative estimate of drug-likeness (QED) is 0.512. The highest BCUT2D eigenvalue weighted by Gasteiger charge is 2.13. The van der Waals surface area contributed by atoms with Crippen molar-refractivity contribution in [3.63, 3.8) is 0 Å². The molecule has 0 aliphatic heterocycles. The molecule has 0 amide bonds. The second kappa shape index (κ2) is 6.97. The average Bonchev–Trinajstić information content (AvgIpc) is 2.70. The van der Waals surface area contributed by atoms with Crippen LogP contribution in [0.15, 0.2) is 71.5 Å². The van der Waals surface area contributed by atoms with Crippen LogP contribution in [0.25, 0.3) is 32.9 Å². The minimum absolute atomic E-state index is 0.0760. The normalized spacial score (nSPS) is 11.4. The van der Waals surface area contributed by atoms with Gasteiger partial charge in [-0.2, -0.15) is 0 Å². The van der Waals surface area contributed by atoms with Crippen LogP contribution in [0.1, 0.15) is 25.3 Å². The predicted octanol–water partition coefficient (Wildman–Crippen LogP) is 5.03. The molecule has 0 aliphatic carbocycles. The van der Waals surface area contributed by atoms with Gasteiger partial charge in [0.2, 0.25) is 0 Å². The van der Waals surface area contributed by atoms with Gasteiger partial charge in [0.15, 0.2) is 5.43 Å². The summed E-state index contributed by atoms with van der Waals surface area (Å²) in [5.41, 5.74) is 4.43. The second-order valence-electron chi connectivity index (χ2n) is 7.33. The van der Waals surface area contributed by atoms with Gasteiger partial charge >= 0.3 is 5.97 Å². The zero-order valence-corrected chi connectivity index (χ0v) is 15.8. The van der Waals surface area contributed by atoms with Gasteiger partial charge in [0.05, 0.1) is 11.0 Å². The predicted molar refractivity (Wildman–Crippen MR) is 113 cm³/mol. The van der Waals surface area contributed by atoms with Gasteiger partial charge in [0.1, 0.15) is 6.54 Å². The van der Waals surface area contributed by atoms with E-state index < -0.39 is 5.97 Å². The maximum atomic E-state index is 13.1. The summed E-state index contributed by atoms with van der Waals surface area (Å²) in [6.07, 6.45) is 0. The van der Waals surface area contributed by atoms with E-state index in [4.69, 9.17) is 0 Å². The van der Waals surface area contributed by atoms with Crippen LogP contribution in [0, 0.1) is 0 Å². The molecule has 0 spiro atoms. The number of pyridine rings is 1. The summed E-state index contributed by atoms with van der Waals surface area (Å²) >= 11 is 0. The number of carboxylic acid groups (broad SMARTS) is 1. The molecule has 0 bridgehead atoms. The third-order valence-electron chi connectivity index (χ3n) is 5.18. The molecule has 4 rings (SSSR count). The number of nitrogens with zero attached hydrogens (tertiary/aromatic N) is 1. The Morgan fingerprint density at radius 2 is 1.54 bits per heavy atom. The lowest BCUT2D eigenvalue weighted by molar-refractivity contribution is -0.137. The molecule has 140 valence electrons. The Hall–Kier alpha value is -3.40. The van der Waals surface area contributed by atoms with Crippen molar-refractivity contribution in [2.75, 3.05) is 0 Å². The van der Waals surface area contributed by atoms with Crippen LogP contribution in [0.5, 0.6) is 0 Å². The number of carboxylic acids is 1. The largest absolute Gasteiger partial charge is 0.480 e. The SMILES string of the molecule is CC(C)c1ccc(-c2ccc3c(c2)c(=O)c2ccccc2n3CC(=O)O)cc1. The minimum Gasteiger partial charge on any atom is -0.480 e. The Labute approximate surface area is 162 Å². The second-order valence-corrected chi connectivity index (χ2v) is 7.33. The van der Waals surface area contributed by atoms with E-state index in [2.05, 4.69) is 38.1 Å². The van der Waals surface area contributed by atoms with Crippen molar-refractivity contribution >= 4 is 27.8 Å². The molecule has 0 aliphatic rings. The molecule has 28 heavy (non-hydrogen) atoms. The van der Waals surface area contributed by atoms with Crippen molar-refractivity contribution in [3.8, 4) is 11.1 Å². The van der Waals surface area contributed by atoms with Crippen molar-refractivity contribution in [1.82, 2.24) is 4.57 Å². The average molecular weight is 371 g/mol. The molecule has 0 saturated carbocycles. The smallest absolute Gasteiger partial charge is 0.323 e. The summed E-state index contributed by atoms with van der Waals surface area (Å²) in [7, 11) is 0. The van der Waals surface area contributed by atoms with Crippen LogP contribution in [0.2, 0.25) is 0 Å². The van der Waals surface area contributed by atoms with E-state index in [0.717, 1.165) is 11.1 Å². The number of carbonyl (C=O) groups is 1. The molecule has 4 nitrogen and oxygen atoms in total. The molecule has 0 saturated heterocycles. The van der Waals surface area contributed by atoms with Crippen molar-refractivity contribution in [1.29, 1.82) is 0 Å². The van der Waals surface area contributed by atoms with Crippen LogP contribution in [0.3, 0.4) is 0 Å². The van der Waals surface area contributed by atoms with Gasteiger partial charge in [-0.3, -0.25) is 9.59 Å². The highest BCUT2D eigenvalue weighted by Crippen LogP contribution is 2.27. The molecular weight excluding hydrogens is 350 g/mol. The van der Waals surface area contributed by atoms with Gasteiger partial charge in [-0.15, -0.1) is 0 Å². The van der Waals surface area contributed by atoms with Crippen molar-refractivity contribution in [2.24, 2.45) is 0 Å². The Morgan fingerprint density at radius 1 is 0.893 bits per heavy atom. The van der Waals surface area contributed by atoms with Gasteiger partial charge < -0.3 is 9.67 Å². The summed E-state index contributed by atoms with van der Waals surface area (Å²) < 4.78 is 1.69. The Bertz CT molecular complexity index is 1250. The Balaban J connectivity index is 1.96. The van der Waals surface area contributed by atoms with Crippen molar-refractivity contribution in [2.45, 2.75) is 26.3 Å². The highest BCUT2D eigenvalue weighted by molar-refractivity contribution is 5.96. The fourth-order valence-corrected chi connectivity index (χ4v) is 3.67. The van der Waals surface area contributed by atoms with E-state index >= 15 is 0 Å². The van der Waals surface area contributed by atoms with Gasteiger partial charge in [-0.05, 0) is 46.9 Å². The molecule has 0 radical (unpaired) electrons. The van der Waals surface area contributed by atoms with E-state index in [1.165, 1.54) is 5.56 Å². The molecule has 3 aromatic carbocycles. The fourth-order valence-electron chi connectivity index (χ4n) is 3.67. The van der Waals surface area contributed by atoms with E-state index in [9.17, 15) is 14.7 Å². The standard InChI is InChI=1S/C24H21NO3/c1-15(2)16-7-9-17(10-8-16)18-11-12-22-20(13-18)24(28)19-5-3-4-6-21(19)25(22)14-23(26)27/h3-13,15H,14H2,1-2H3,(H,26,27). The molecule has 4 heteroatoms. The van der Waals surface area contributed by atoms with Crippen LogP contribution in [-0.4, -0.2) is 15.6 Å². The molecule has 0 atom stereocenters. The molecule has 0 fully saturated rings. The van der Waals surface area contributed by atoms with Gasteiger partial charge in [0.25, 0.3) is 0 Å². The number of hydrogen-bond acceptors (Lipinski definition) is 2. The maximum absolute atomic E-state index is 13.1. The molecule has 0 unspecified atom stereocenters. The first-order chi connectivity index (χ1) is 13.5. The Kier molecular flexibility index (Phi) is 4.47. The summed E-state index contributed by atoms with van der Waals surface area (Å²) in [6.45, 7) is 4.11. The summed E-state index contributed by atoms with van der Waals surface area (Å²) in [4.78, 5) is 24.5.